The standard InChI is InChI=1S/C10H13NO4/c1-6(4-11)7(13)15-8-9(2,3)10(8,14)5-12/h8,12,14H,1,5H2,2-3H3. The van der Waals surface area contributed by atoms with Crippen LogP contribution in [-0.2, 0) is 9.53 Å². The molecule has 82 valence electrons. The number of nitrogens with zero attached hydrogens (tertiary/aromatic N) is 1. The van der Waals surface area contributed by atoms with Crippen LogP contribution >= 0.6 is 0 Å². The van der Waals surface area contributed by atoms with Gasteiger partial charge in [-0.25, -0.2) is 4.79 Å². The van der Waals surface area contributed by atoms with Gasteiger partial charge in [-0.15, -0.1) is 0 Å². The molecule has 2 atom stereocenters. The number of ether oxygens (including phenoxy) is 1. The Balaban J connectivity index is 2.69. The van der Waals surface area contributed by atoms with Gasteiger partial charge in [-0.1, -0.05) is 20.4 Å². The Morgan fingerprint density at radius 2 is 2.20 bits per heavy atom. The van der Waals surface area contributed by atoms with Crippen LogP contribution < -0.4 is 0 Å². The molecule has 0 saturated heterocycles. The van der Waals surface area contributed by atoms with Crippen molar-refractivity contribution in [2.75, 3.05) is 6.61 Å². The summed E-state index contributed by atoms with van der Waals surface area (Å²) >= 11 is 0. The number of hydrogen-bond donors (Lipinski definition) is 2. The molecule has 5 heteroatoms. The highest BCUT2D eigenvalue weighted by molar-refractivity contribution is 5.92. The number of aliphatic hydroxyl groups is 2. The van der Waals surface area contributed by atoms with Crippen molar-refractivity contribution in [3.63, 3.8) is 0 Å². The van der Waals surface area contributed by atoms with Gasteiger partial charge in [-0.2, -0.15) is 5.26 Å². The first-order chi connectivity index (χ1) is 6.81. The Labute approximate surface area is 87.6 Å². The molecule has 0 spiro atoms. The summed E-state index contributed by atoms with van der Waals surface area (Å²) in [6.45, 7) is 6.03. The van der Waals surface area contributed by atoms with Gasteiger partial charge in [-0.3, -0.25) is 0 Å². The third-order valence-electron chi connectivity index (χ3n) is 2.97. The predicted molar refractivity (Wildman–Crippen MR) is 50.4 cm³/mol. The second-order valence-corrected chi connectivity index (χ2v) is 4.18. The fourth-order valence-corrected chi connectivity index (χ4v) is 1.54. The quantitative estimate of drug-likeness (QED) is 0.381. The average molecular weight is 211 g/mol. The molecule has 1 rings (SSSR count). The van der Waals surface area contributed by atoms with Gasteiger partial charge in [0.25, 0.3) is 0 Å². The summed E-state index contributed by atoms with van der Waals surface area (Å²) in [5.74, 6) is -0.861. The fraction of sp³-hybridized carbons (Fsp3) is 0.600. The minimum absolute atomic E-state index is 0.321. The molecule has 2 unspecified atom stereocenters. The molecule has 0 aromatic heterocycles. The Hall–Kier alpha value is -1.38. The number of nitriles is 1. The Bertz CT molecular complexity index is 355. The van der Waals surface area contributed by atoms with Crippen molar-refractivity contribution in [1.82, 2.24) is 0 Å². The molecule has 5 nitrogen and oxygen atoms in total. The topological polar surface area (TPSA) is 90.6 Å². The van der Waals surface area contributed by atoms with Crippen LogP contribution in [-0.4, -0.2) is 34.5 Å². The van der Waals surface area contributed by atoms with Gasteiger partial charge < -0.3 is 14.9 Å². The van der Waals surface area contributed by atoms with Crippen LogP contribution in [0.3, 0.4) is 0 Å². The van der Waals surface area contributed by atoms with Gasteiger partial charge in [0.2, 0.25) is 0 Å². The lowest BCUT2D eigenvalue weighted by Gasteiger charge is -2.06. The Morgan fingerprint density at radius 1 is 1.67 bits per heavy atom. The number of carbonyl (C=O) groups excluding carboxylic acids is 1. The average Bonchev–Trinajstić information content (AvgIpc) is 2.62. The van der Waals surface area contributed by atoms with Gasteiger partial charge in [-0.05, 0) is 0 Å². The van der Waals surface area contributed by atoms with E-state index in [-0.39, 0.29) is 5.57 Å². The van der Waals surface area contributed by atoms with Crippen LogP contribution in [0.2, 0.25) is 0 Å². The molecule has 1 saturated carbocycles. The SMILES string of the molecule is C=C(C#N)C(=O)OC1C(C)(C)C1(O)CO. The molecule has 1 fully saturated rings. The summed E-state index contributed by atoms with van der Waals surface area (Å²) in [6.07, 6.45) is -0.799. The van der Waals surface area contributed by atoms with Crippen LogP contribution in [0.4, 0.5) is 0 Å². The first-order valence-corrected chi connectivity index (χ1v) is 4.44. The minimum atomic E-state index is -1.42. The molecule has 0 amide bonds. The van der Waals surface area contributed by atoms with E-state index in [0.717, 1.165) is 0 Å². The van der Waals surface area contributed by atoms with Crippen molar-refractivity contribution in [2.24, 2.45) is 5.41 Å². The summed E-state index contributed by atoms with van der Waals surface area (Å²) in [6, 6.07) is 1.56. The van der Waals surface area contributed by atoms with Gasteiger partial charge in [0, 0.05) is 5.41 Å². The monoisotopic (exact) mass is 211 g/mol. The number of esters is 1. The molecule has 0 bridgehead atoms. The number of rotatable bonds is 3. The highest BCUT2D eigenvalue weighted by Crippen LogP contribution is 2.57. The molecule has 15 heavy (non-hydrogen) atoms. The lowest BCUT2D eigenvalue weighted by atomic mass is 10.1. The maximum absolute atomic E-state index is 11.2. The summed E-state index contributed by atoms with van der Waals surface area (Å²) in [5, 5.41) is 27.1. The van der Waals surface area contributed by atoms with Gasteiger partial charge in [0.05, 0.1) is 6.61 Å². The number of aliphatic hydroxyl groups excluding tert-OH is 1. The Kier molecular flexibility index (Phi) is 2.60. The van der Waals surface area contributed by atoms with E-state index in [0.29, 0.717) is 0 Å². The van der Waals surface area contributed by atoms with Crippen LogP contribution in [0.25, 0.3) is 0 Å². The largest absolute Gasteiger partial charge is 0.454 e. The molecule has 1 aliphatic carbocycles. The zero-order valence-electron chi connectivity index (χ0n) is 8.65. The van der Waals surface area contributed by atoms with E-state index < -0.39 is 29.7 Å². The van der Waals surface area contributed by atoms with Crippen LogP contribution in [0, 0.1) is 16.7 Å². The normalized spacial score (nSPS) is 31.5. The smallest absolute Gasteiger partial charge is 0.348 e. The van der Waals surface area contributed by atoms with Crippen LogP contribution in [0.1, 0.15) is 13.8 Å². The zero-order chi connectivity index (χ0) is 11.9. The molecule has 0 aliphatic heterocycles. The van der Waals surface area contributed by atoms with Crippen molar-refractivity contribution >= 4 is 5.97 Å². The fourth-order valence-electron chi connectivity index (χ4n) is 1.54. The predicted octanol–water partition coefficient (Wildman–Crippen LogP) is -0.259. The van der Waals surface area contributed by atoms with Crippen molar-refractivity contribution in [1.29, 1.82) is 5.26 Å². The summed E-state index contributed by atoms with van der Waals surface area (Å²) in [5.41, 5.74) is -2.44. The highest BCUT2D eigenvalue weighted by Gasteiger charge is 2.73. The molecule has 1 aliphatic rings. The van der Waals surface area contributed by atoms with Crippen LogP contribution in [0.15, 0.2) is 12.2 Å². The number of hydrogen-bond acceptors (Lipinski definition) is 5. The Morgan fingerprint density at radius 3 is 2.53 bits per heavy atom. The van der Waals surface area contributed by atoms with Crippen molar-refractivity contribution in [3.8, 4) is 6.07 Å². The summed E-state index contributed by atoms with van der Waals surface area (Å²) in [4.78, 5) is 11.2. The van der Waals surface area contributed by atoms with Crippen molar-refractivity contribution in [2.45, 2.75) is 25.6 Å². The molecule has 0 aromatic rings. The van der Waals surface area contributed by atoms with Crippen molar-refractivity contribution in [3.05, 3.63) is 12.2 Å². The first-order valence-electron chi connectivity index (χ1n) is 4.44. The van der Waals surface area contributed by atoms with Crippen LogP contribution in [0.5, 0.6) is 0 Å². The maximum Gasteiger partial charge on any atom is 0.348 e. The van der Waals surface area contributed by atoms with E-state index in [1.165, 1.54) is 0 Å². The van der Waals surface area contributed by atoms with Crippen molar-refractivity contribution < 1.29 is 19.7 Å². The van der Waals surface area contributed by atoms with E-state index in [4.69, 9.17) is 15.1 Å². The summed E-state index contributed by atoms with van der Waals surface area (Å²) < 4.78 is 4.86. The van der Waals surface area contributed by atoms with Gasteiger partial charge in [0.1, 0.15) is 23.3 Å². The van der Waals surface area contributed by atoms with E-state index in [2.05, 4.69) is 6.58 Å². The molecule has 0 aromatic carbocycles. The first kappa shape index (κ1) is 11.7. The molecular formula is C10H13NO4. The highest BCUT2D eigenvalue weighted by atomic mass is 16.6. The third-order valence-corrected chi connectivity index (χ3v) is 2.97. The zero-order valence-corrected chi connectivity index (χ0v) is 8.65. The van der Waals surface area contributed by atoms with E-state index >= 15 is 0 Å². The van der Waals surface area contributed by atoms with Gasteiger partial charge >= 0.3 is 5.97 Å². The second kappa shape index (κ2) is 3.33. The lowest BCUT2D eigenvalue weighted by molar-refractivity contribution is -0.143. The van der Waals surface area contributed by atoms with E-state index in [1.54, 1.807) is 19.9 Å². The maximum atomic E-state index is 11.2. The lowest BCUT2D eigenvalue weighted by Crippen LogP contribution is -2.24. The minimum Gasteiger partial charge on any atom is -0.454 e. The molecule has 2 N–H and O–H groups in total. The molecular weight excluding hydrogens is 198 g/mol. The second-order valence-electron chi connectivity index (χ2n) is 4.18. The molecule has 0 radical (unpaired) electrons. The van der Waals surface area contributed by atoms with E-state index in [9.17, 15) is 9.90 Å². The number of carbonyl (C=O) groups is 1. The van der Waals surface area contributed by atoms with Gasteiger partial charge in [0.15, 0.2) is 0 Å². The van der Waals surface area contributed by atoms with E-state index in [1.807, 2.05) is 0 Å². The summed E-state index contributed by atoms with van der Waals surface area (Å²) in [7, 11) is 0. The molecule has 0 heterocycles. The third kappa shape index (κ3) is 1.52.